The number of phenols is 1. The van der Waals surface area contributed by atoms with Gasteiger partial charge in [-0.1, -0.05) is 30.3 Å². The third-order valence-electron chi connectivity index (χ3n) is 3.25. The highest BCUT2D eigenvalue weighted by molar-refractivity contribution is 7.13. The van der Waals surface area contributed by atoms with Crippen molar-refractivity contribution in [3.8, 4) is 5.75 Å². The summed E-state index contributed by atoms with van der Waals surface area (Å²) in [7, 11) is 0. The van der Waals surface area contributed by atoms with Crippen LogP contribution in [0.4, 0.5) is 0 Å². The van der Waals surface area contributed by atoms with Crippen molar-refractivity contribution in [2.24, 2.45) is 5.10 Å². The van der Waals surface area contributed by atoms with Crippen molar-refractivity contribution in [1.82, 2.24) is 5.43 Å². The van der Waals surface area contributed by atoms with E-state index in [0.717, 1.165) is 10.3 Å². The molecule has 1 heterocycles. The summed E-state index contributed by atoms with van der Waals surface area (Å²) < 4.78 is 0. The molecule has 2 aromatic carbocycles. The van der Waals surface area contributed by atoms with Gasteiger partial charge in [-0.05, 0) is 35.9 Å². The Morgan fingerprint density at radius 3 is 2.77 bits per heavy atom. The minimum atomic E-state index is -0.432. The maximum Gasteiger partial charge on any atom is 0.275 e. The summed E-state index contributed by atoms with van der Waals surface area (Å²) in [6.45, 7) is 2.01. The van der Waals surface area contributed by atoms with Crippen LogP contribution in [-0.2, 0) is 0 Å². The lowest BCUT2D eigenvalue weighted by molar-refractivity contribution is 0.0954. The Bertz CT molecular complexity index is 868. The number of phenolic OH excluding ortho intramolecular Hbond substituents is 1. The van der Waals surface area contributed by atoms with Crippen molar-refractivity contribution < 1.29 is 9.90 Å². The molecule has 3 aromatic rings. The molecule has 1 aromatic heterocycles. The molecule has 0 radical (unpaired) electrons. The molecule has 0 aliphatic rings. The highest BCUT2D eigenvalue weighted by Gasteiger charge is 2.14. The molecule has 1 amide bonds. The summed E-state index contributed by atoms with van der Waals surface area (Å²) in [4.78, 5) is 14.4. The second kappa shape index (κ2) is 5.99. The van der Waals surface area contributed by atoms with Crippen molar-refractivity contribution in [2.75, 3.05) is 0 Å². The summed E-state index contributed by atoms with van der Waals surface area (Å²) in [5.74, 6) is -0.489. The van der Waals surface area contributed by atoms with Gasteiger partial charge >= 0.3 is 0 Å². The van der Waals surface area contributed by atoms with Gasteiger partial charge in [-0.2, -0.15) is 5.10 Å². The predicted molar refractivity (Wildman–Crippen MR) is 89.7 cm³/mol. The molecule has 0 bridgehead atoms. The molecule has 0 saturated carbocycles. The van der Waals surface area contributed by atoms with Gasteiger partial charge < -0.3 is 5.11 Å². The molecule has 4 nitrogen and oxygen atoms in total. The second-order valence-electron chi connectivity index (χ2n) is 4.83. The van der Waals surface area contributed by atoms with Crippen molar-refractivity contribution in [3.63, 3.8) is 0 Å². The van der Waals surface area contributed by atoms with Crippen LogP contribution in [0.5, 0.6) is 5.75 Å². The van der Waals surface area contributed by atoms with Crippen molar-refractivity contribution in [2.45, 2.75) is 6.92 Å². The summed E-state index contributed by atoms with van der Waals surface area (Å²) in [5, 5.41) is 15.5. The number of carbonyl (C=O) groups excluding carboxylic acids is 1. The van der Waals surface area contributed by atoms with Gasteiger partial charge in [0.2, 0.25) is 0 Å². The first-order valence-corrected chi connectivity index (χ1v) is 7.57. The Kier molecular flexibility index (Phi) is 3.89. The van der Waals surface area contributed by atoms with E-state index in [2.05, 4.69) is 10.5 Å². The number of carbonyl (C=O) groups is 1. The molecular weight excluding hydrogens is 296 g/mol. The number of fused-ring (bicyclic) bond motifs is 1. The minimum absolute atomic E-state index is 0.0571. The molecule has 0 fully saturated rings. The zero-order valence-corrected chi connectivity index (χ0v) is 12.7. The van der Waals surface area contributed by atoms with Crippen LogP contribution in [0.1, 0.15) is 20.1 Å². The van der Waals surface area contributed by atoms with E-state index in [9.17, 15) is 9.90 Å². The van der Waals surface area contributed by atoms with E-state index in [4.69, 9.17) is 0 Å². The summed E-state index contributed by atoms with van der Waals surface area (Å²) in [6.07, 6.45) is 1.59. The van der Waals surface area contributed by atoms with Crippen LogP contribution in [0.2, 0.25) is 0 Å². The quantitative estimate of drug-likeness (QED) is 0.572. The number of aromatic hydroxyl groups is 1. The monoisotopic (exact) mass is 310 g/mol. The van der Waals surface area contributed by atoms with E-state index < -0.39 is 5.91 Å². The number of hydrazone groups is 1. The molecule has 3 rings (SSSR count). The van der Waals surface area contributed by atoms with Crippen LogP contribution >= 0.6 is 11.3 Å². The van der Waals surface area contributed by atoms with Crippen molar-refractivity contribution in [1.29, 1.82) is 0 Å². The standard InChI is InChI=1S/C17H14N2O2S/c1-11-6-8-13(22-11)10-18-19-17(21)16-14-5-3-2-4-12(14)7-9-15(16)20/h2-10,20H,1H3,(H,19,21)/b18-10-. The largest absolute Gasteiger partial charge is 0.507 e. The maximum absolute atomic E-state index is 12.3. The van der Waals surface area contributed by atoms with E-state index in [1.165, 1.54) is 10.9 Å². The topological polar surface area (TPSA) is 61.7 Å². The van der Waals surface area contributed by atoms with Gasteiger partial charge in [-0.25, -0.2) is 5.43 Å². The Morgan fingerprint density at radius 2 is 2.00 bits per heavy atom. The SMILES string of the molecule is Cc1ccc(/C=N\NC(=O)c2c(O)ccc3ccccc23)s1. The van der Waals surface area contributed by atoms with Gasteiger partial charge in [-0.3, -0.25) is 4.79 Å². The number of thiophene rings is 1. The molecule has 2 N–H and O–H groups in total. The number of nitrogens with zero attached hydrogens (tertiary/aromatic N) is 1. The average Bonchev–Trinajstić information content (AvgIpc) is 2.92. The molecule has 0 aliphatic heterocycles. The highest BCUT2D eigenvalue weighted by Crippen LogP contribution is 2.26. The number of aryl methyl sites for hydroxylation is 1. The van der Waals surface area contributed by atoms with Gasteiger partial charge in [0.05, 0.1) is 11.8 Å². The minimum Gasteiger partial charge on any atom is -0.507 e. The van der Waals surface area contributed by atoms with Gasteiger partial charge in [0.15, 0.2) is 0 Å². The molecule has 0 spiro atoms. The smallest absolute Gasteiger partial charge is 0.275 e. The molecule has 0 aliphatic carbocycles. The van der Waals surface area contributed by atoms with Gasteiger partial charge in [0.25, 0.3) is 5.91 Å². The molecular formula is C17H14N2O2S. The lowest BCUT2D eigenvalue weighted by atomic mass is 10.0. The number of nitrogens with one attached hydrogen (secondary N) is 1. The fraction of sp³-hybridized carbons (Fsp3) is 0.0588. The average molecular weight is 310 g/mol. The van der Waals surface area contributed by atoms with Crippen molar-refractivity contribution >= 4 is 34.2 Å². The van der Waals surface area contributed by atoms with Crippen LogP contribution < -0.4 is 5.43 Å². The first-order chi connectivity index (χ1) is 10.6. The summed E-state index contributed by atoms with van der Waals surface area (Å²) in [6, 6.07) is 14.6. The van der Waals surface area contributed by atoms with Crippen molar-refractivity contribution in [3.05, 3.63) is 63.8 Å². The summed E-state index contributed by atoms with van der Waals surface area (Å²) >= 11 is 1.59. The molecule has 0 unspecified atom stereocenters. The third-order valence-corrected chi connectivity index (χ3v) is 4.19. The van der Waals surface area contributed by atoms with E-state index in [-0.39, 0.29) is 11.3 Å². The molecule has 22 heavy (non-hydrogen) atoms. The van der Waals surface area contributed by atoms with Crippen LogP contribution in [-0.4, -0.2) is 17.2 Å². The second-order valence-corrected chi connectivity index (χ2v) is 6.15. The molecule has 0 atom stereocenters. The number of hydrogen-bond donors (Lipinski definition) is 2. The normalized spacial score (nSPS) is 11.1. The van der Waals surface area contributed by atoms with Gasteiger partial charge in [0.1, 0.15) is 5.75 Å². The summed E-state index contributed by atoms with van der Waals surface area (Å²) in [5.41, 5.74) is 2.70. The van der Waals surface area contributed by atoms with E-state index in [0.29, 0.717) is 5.39 Å². The predicted octanol–water partition coefficient (Wildman–Crippen LogP) is 3.68. The number of benzene rings is 2. The Balaban J connectivity index is 1.86. The Morgan fingerprint density at radius 1 is 1.18 bits per heavy atom. The van der Waals surface area contributed by atoms with Crippen LogP contribution in [0.3, 0.4) is 0 Å². The lowest BCUT2D eigenvalue weighted by Crippen LogP contribution is -2.18. The van der Waals surface area contributed by atoms with Gasteiger partial charge in [0, 0.05) is 9.75 Å². The number of hydrogen-bond acceptors (Lipinski definition) is 4. The Hall–Kier alpha value is -2.66. The first-order valence-electron chi connectivity index (χ1n) is 6.76. The van der Waals surface area contributed by atoms with Crippen LogP contribution in [0.25, 0.3) is 10.8 Å². The van der Waals surface area contributed by atoms with Gasteiger partial charge in [-0.15, -0.1) is 11.3 Å². The highest BCUT2D eigenvalue weighted by atomic mass is 32.1. The lowest BCUT2D eigenvalue weighted by Gasteiger charge is -2.07. The first kappa shape index (κ1) is 14.3. The number of rotatable bonds is 3. The molecule has 5 heteroatoms. The molecule has 110 valence electrons. The molecule has 0 saturated heterocycles. The fourth-order valence-electron chi connectivity index (χ4n) is 2.23. The van der Waals surface area contributed by atoms with E-state index >= 15 is 0 Å². The number of amides is 1. The van der Waals surface area contributed by atoms with E-state index in [1.807, 2.05) is 37.3 Å². The zero-order valence-electron chi connectivity index (χ0n) is 11.9. The Labute approximate surface area is 131 Å². The van der Waals surface area contributed by atoms with E-state index in [1.54, 1.807) is 29.7 Å². The van der Waals surface area contributed by atoms with Crippen LogP contribution in [0.15, 0.2) is 53.6 Å². The maximum atomic E-state index is 12.3. The van der Waals surface area contributed by atoms with Crippen LogP contribution in [0, 0.1) is 6.92 Å². The fourth-order valence-corrected chi connectivity index (χ4v) is 2.98. The zero-order chi connectivity index (χ0) is 15.5. The third kappa shape index (κ3) is 2.84.